The lowest BCUT2D eigenvalue weighted by atomic mass is 9.81. The van der Waals surface area contributed by atoms with Gasteiger partial charge in [-0.2, -0.15) is 31.6 Å². The van der Waals surface area contributed by atoms with E-state index >= 15 is 0 Å². The van der Waals surface area contributed by atoms with Crippen LogP contribution in [0.2, 0.25) is 0 Å². The fourth-order valence-electron chi connectivity index (χ4n) is 3.91. The van der Waals surface area contributed by atoms with Crippen molar-refractivity contribution in [3.63, 3.8) is 0 Å². The molecule has 3 aromatic rings. The van der Waals surface area contributed by atoms with Gasteiger partial charge < -0.3 is 4.74 Å². The number of benzene rings is 2. The van der Waals surface area contributed by atoms with Gasteiger partial charge in [0.1, 0.15) is 41.3 Å². The number of anilines is 1. The molecular formula is C25H11N9O. The van der Waals surface area contributed by atoms with Crippen LogP contribution in [0.15, 0.2) is 65.4 Å². The molecule has 0 spiro atoms. The fourth-order valence-corrected chi connectivity index (χ4v) is 3.91. The third-order valence-electron chi connectivity index (χ3n) is 5.49. The molecule has 0 N–H and O–H groups in total. The molecule has 0 saturated heterocycles. The highest BCUT2D eigenvalue weighted by atomic mass is 16.5. The number of para-hydroxylation sites is 2. The third kappa shape index (κ3) is 3.01. The topological polar surface area (TPSA) is 173 Å². The largest absolute Gasteiger partial charge is 0.497 e. The van der Waals surface area contributed by atoms with Crippen LogP contribution >= 0.6 is 0 Å². The minimum atomic E-state index is -2.30. The molecule has 0 aliphatic carbocycles. The van der Waals surface area contributed by atoms with Gasteiger partial charge in [-0.3, -0.25) is 9.47 Å². The van der Waals surface area contributed by atoms with Gasteiger partial charge in [-0.1, -0.05) is 12.1 Å². The van der Waals surface area contributed by atoms with Crippen LogP contribution in [0.5, 0.6) is 5.75 Å². The lowest BCUT2D eigenvalue weighted by molar-refractivity contribution is 0.415. The van der Waals surface area contributed by atoms with Crippen LogP contribution in [-0.2, 0) is 5.41 Å². The molecule has 0 fully saturated rings. The zero-order valence-electron chi connectivity index (χ0n) is 18.1. The molecule has 0 radical (unpaired) electrons. The molecule has 10 heteroatoms. The molecule has 4 rings (SSSR count). The second-order valence-corrected chi connectivity index (χ2v) is 7.14. The Balaban J connectivity index is 2.34. The summed E-state index contributed by atoms with van der Waals surface area (Å²) < 4.78 is 6.51. The number of hydrogen-bond acceptors (Lipinski definition) is 9. The Bertz CT molecular complexity index is 1670. The molecule has 10 nitrogen and oxygen atoms in total. The number of rotatable bonds is 2. The number of nitriles is 6. The lowest BCUT2D eigenvalue weighted by Gasteiger charge is -2.27. The Morgan fingerprint density at radius 2 is 1.54 bits per heavy atom. The van der Waals surface area contributed by atoms with E-state index in [4.69, 9.17) is 4.74 Å². The molecule has 1 aliphatic rings. The molecule has 162 valence electrons. The van der Waals surface area contributed by atoms with Crippen molar-refractivity contribution in [3.8, 4) is 42.2 Å². The van der Waals surface area contributed by atoms with Gasteiger partial charge in [0.05, 0.1) is 30.3 Å². The summed E-state index contributed by atoms with van der Waals surface area (Å²) in [4.78, 5) is 5.67. The standard InChI is InChI=1S/C25H11N9O/c1-35-18-8-6-17(7-9-18)33-22(13-29)19(12-28)25(14-30,15-31)24-32-20-4-2-3-5-21(20)34(24)23(33)16(10-26)11-27/h2-9H,1H3. The number of methoxy groups -OCH3 is 1. The maximum atomic E-state index is 10.2. The van der Waals surface area contributed by atoms with E-state index < -0.39 is 22.3 Å². The van der Waals surface area contributed by atoms with Crippen LogP contribution in [0, 0.1) is 68.0 Å². The van der Waals surface area contributed by atoms with Crippen LogP contribution in [0.4, 0.5) is 5.69 Å². The molecule has 1 aromatic heterocycles. The van der Waals surface area contributed by atoms with E-state index in [1.807, 2.05) is 36.4 Å². The first-order chi connectivity index (χ1) is 17.0. The van der Waals surface area contributed by atoms with Crippen LogP contribution in [0.25, 0.3) is 16.9 Å². The zero-order valence-corrected chi connectivity index (χ0v) is 18.1. The highest BCUT2D eigenvalue weighted by molar-refractivity contribution is 5.91. The van der Waals surface area contributed by atoms with Gasteiger partial charge in [0, 0.05) is 5.69 Å². The Labute approximate surface area is 199 Å². The number of ether oxygens (including phenoxy) is 1. The Morgan fingerprint density at radius 1 is 0.886 bits per heavy atom. The number of hydrogen-bond donors (Lipinski definition) is 0. The predicted molar refractivity (Wildman–Crippen MR) is 121 cm³/mol. The Morgan fingerprint density at radius 3 is 2.09 bits per heavy atom. The second kappa shape index (κ2) is 8.46. The quantitative estimate of drug-likeness (QED) is 0.527. The first kappa shape index (κ1) is 22.1. The van der Waals surface area contributed by atoms with Crippen molar-refractivity contribution in [1.29, 1.82) is 31.6 Å². The minimum Gasteiger partial charge on any atom is -0.497 e. The van der Waals surface area contributed by atoms with Crippen molar-refractivity contribution in [3.05, 3.63) is 71.2 Å². The number of imidazole rings is 1. The van der Waals surface area contributed by atoms with E-state index in [0.717, 1.165) is 0 Å². The number of aromatic nitrogens is 2. The van der Waals surface area contributed by atoms with Gasteiger partial charge in [0.2, 0.25) is 5.41 Å². The SMILES string of the molecule is COc1ccc(N2C(C#N)=C(C#N)C(C#N)(C#N)c3nc4ccccc4n3C2=C(C#N)C#N)cc1. The second-order valence-electron chi connectivity index (χ2n) is 7.14. The molecule has 2 heterocycles. The third-order valence-corrected chi connectivity index (χ3v) is 5.49. The van der Waals surface area contributed by atoms with Gasteiger partial charge >= 0.3 is 0 Å². The number of fused-ring (bicyclic) bond motifs is 3. The van der Waals surface area contributed by atoms with Crippen molar-refractivity contribution < 1.29 is 4.74 Å². The maximum absolute atomic E-state index is 10.2. The van der Waals surface area contributed by atoms with Crippen molar-refractivity contribution in [1.82, 2.24) is 9.55 Å². The van der Waals surface area contributed by atoms with E-state index in [1.165, 1.54) is 16.6 Å². The first-order valence-electron chi connectivity index (χ1n) is 9.89. The smallest absolute Gasteiger partial charge is 0.238 e. The summed E-state index contributed by atoms with van der Waals surface area (Å²) in [5.74, 6) is 0.151. The van der Waals surface area contributed by atoms with E-state index in [1.54, 1.807) is 48.5 Å². The van der Waals surface area contributed by atoms with E-state index in [2.05, 4.69) is 4.98 Å². The molecular weight excluding hydrogens is 442 g/mol. The lowest BCUT2D eigenvalue weighted by Crippen LogP contribution is -2.28. The monoisotopic (exact) mass is 453 g/mol. The summed E-state index contributed by atoms with van der Waals surface area (Å²) in [6.45, 7) is 0. The molecule has 0 atom stereocenters. The molecule has 0 unspecified atom stereocenters. The van der Waals surface area contributed by atoms with Gasteiger partial charge in [0.25, 0.3) is 0 Å². The van der Waals surface area contributed by atoms with E-state index in [0.29, 0.717) is 16.8 Å². The van der Waals surface area contributed by atoms with Crippen LogP contribution in [-0.4, -0.2) is 16.7 Å². The van der Waals surface area contributed by atoms with Gasteiger partial charge in [-0.25, -0.2) is 4.98 Å². The zero-order chi connectivity index (χ0) is 25.2. The summed E-state index contributed by atoms with van der Waals surface area (Å²) in [6.07, 6.45) is 0. The molecule has 0 saturated carbocycles. The van der Waals surface area contributed by atoms with E-state index in [9.17, 15) is 31.6 Å². The van der Waals surface area contributed by atoms with Gasteiger partial charge in [-0.15, -0.1) is 0 Å². The van der Waals surface area contributed by atoms with Crippen molar-refractivity contribution in [2.45, 2.75) is 5.41 Å². The number of nitrogens with zero attached hydrogens (tertiary/aromatic N) is 9. The summed E-state index contributed by atoms with van der Waals surface area (Å²) in [5, 5.41) is 60.5. The predicted octanol–water partition coefficient (Wildman–Crippen LogP) is 3.37. The highest BCUT2D eigenvalue weighted by Crippen LogP contribution is 2.44. The Hall–Kier alpha value is -6.07. The van der Waals surface area contributed by atoms with Crippen molar-refractivity contribution >= 4 is 22.5 Å². The summed E-state index contributed by atoms with van der Waals surface area (Å²) in [5.41, 5.74) is -2.61. The molecule has 1 aliphatic heterocycles. The normalized spacial score (nSPS) is 13.7. The van der Waals surface area contributed by atoms with Crippen molar-refractivity contribution in [2.24, 2.45) is 0 Å². The average Bonchev–Trinajstić information content (AvgIpc) is 3.25. The van der Waals surface area contributed by atoms with Gasteiger partial charge in [0.15, 0.2) is 17.2 Å². The van der Waals surface area contributed by atoms with Gasteiger partial charge in [-0.05, 0) is 36.4 Å². The molecule has 0 amide bonds. The molecule has 2 aromatic carbocycles. The summed E-state index contributed by atoms with van der Waals surface area (Å²) in [6, 6.07) is 24.1. The minimum absolute atomic E-state index is 0.138. The molecule has 0 bridgehead atoms. The summed E-state index contributed by atoms with van der Waals surface area (Å²) in [7, 11) is 1.47. The first-order valence-corrected chi connectivity index (χ1v) is 9.89. The van der Waals surface area contributed by atoms with Crippen LogP contribution < -0.4 is 9.64 Å². The Kier molecular flexibility index (Phi) is 5.35. The average molecular weight is 453 g/mol. The summed E-state index contributed by atoms with van der Waals surface area (Å²) >= 11 is 0. The highest BCUT2D eigenvalue weighted by Gasteiger charge is 2.49. The van der Waals surface area contributed by atoms with Crippen molar-refractivity contribution in [2.75, 3.05) is 12.0 Å². The maximum Gasteiger partial charge on any atom is 0.238 e. The van der Waals surface area contributed by atoms with E-state index in [-0.39, 0.29) is 17.3 Å². The fraction of sp³-hybridized carbons (Fsp3) is 0.0800. The van der Waals surface area contributed by atoms with Crippen LogP contribution in [0.1, 0.15) is 5.82 Å². The van der Waals surface area contributed by atoms with Crippen LogP contribution in [0.3, 0.4) is 0 Å². The molecule has 35 heavy (non-hydrogen) atoms. The number of allylic oxidation sites excluding steroid dienone is 3.